The van der Waals surface area contributed by atoms with Gasteiger partial charge < -0.3 is 15.1 Å². The van der Waals surface area contributed by atoms with Gasteiger partial charge in [0.25, 0.3) is 0 Å². The van der Waals surface area contributed by atoms with Crippen LogP contribution in [0.5, 0.6) is 0 Å². The number of hydrogen-bond acceptors (Lipinski definition) is 3. The second-order valence-electron chi connectivity index (χ2n) is 8.43. The molecule has 2 saturated carbocycles. The third-order valence-corrected chi connectivity index (χ3v) is 6.50. The van der Waals surface area contributed by atoms with Crippen molar-refractivity contribution >= 4 is 5.91 Å². The summed E-state index contributed by atoms with van der Waals surface area (Å²) >= 11 is 0. The van der Waals surface area contributed by atoms with Gasteiger partial charge in [0.05, 0.1) is 0 Å². The van der Waals surface area contributed by atoms with Gasteiger partial charge >= 0.3 is 0 Å². The van der Waals surface area contributed by atoms with E-state index in [0.29, 0.717) is 12.5 Å². The molecule has 26 heavy (non-hydrogen) atoms. The van der Waals surface area contributed by atoms with Gasteiger partial charge in [0, 0.05) is 42.8 Å². The van der Waals surface area contributed by atoms with Crippen molar-refractivity contribution in [3.8, 4) is 0 Å². The lowest BCUT2D eigenvalue weighted by Gasteiger charge is -2.16. The maximum absolute atomic E-state index is 12.9. The number of carbonyl (C=O) groups excluding carboxylic acids is 1. The molecule has 4 nitrogen and oxygen atoms in total. The fourth-order valence-corrected chi connectivity index (χ4v) is 4.56. The molecule has 4 unspecified atom stereocenters. The monoisotopic (exact) mass is 350 g/mol. The lowest BCUT2D eigenvalue weighted by atomic mass is 9.95. The first-order valence-electron chi connectivity index (χ1n) is 9.80. The largest absolute Gasteiger partial charge is 0.465 e. The molecule has 1 amide bonds. The maximum atomic E-state index is 12.9. The highest BCUT2D eigenvalue weighted by Gasteiger charge is 2.50. The second-order valence-corrected chi connectivity index (χ2v) is 8.43. The van der Waals surface area contributed by atoms with Crippen molar-refractivity contribution in [2.45, 2.75) is 43.6 Å². The van der Waals surface area contributed by atoms with Crippen LogP contribution in [0, 0.1) is 11.8 Å². The van der Waals surface area contributed by atoms with Gasteiger partial charge in [-0.3, -0.25) is 4.79 Å². The van der Waals surface area contributed by atoms with Gasteiger partial charge in [-0.25, -0.2) is 0 Å². The Morgan fingerprint density at radius 1 is 1.00 bits per heavy atom. The molecule has 5 rings (SSSR count). The Balaban J connectivity index is 1.23. The molecular weight excluding hydrogens is 324 g/mol. The molecule has 2 N–H and O–H groups in total. The Morgan fingerprint density at radius 2 is 1.69 bits per heavy atom. The highest BCUT2D eigenvalue weighted by molar-refractivity contribution is 5.83. The summed E-state index contributed by atoms with van der Waals surface area (Å²) in [6.07, 6.45) is 2.14. The standard InChI is InChI=1S/C22H26N2O2/c1-13-9-15(13)20-7-8-21(26-20)16-10-17(16)22(25)24-11-18(19(23)12-24)14-5-3-2-4-6-14/h2-8,13,15-19H,9-12,23H2,1H3/t13?,15?,16?,17?,18-,19+/m0/s1. The highest BCUT2D eigenvalue weighted by Crippen LogP contribution is 2.52. The van der Waals surface area contributed by atoms with Crippen molar-refractivity contribution in [3.63, 3.8) is 0 Å². The first kappa shape index (κ1) is 16.1. The second kappa shape index (κ2) is 5.98. The Kier molecular flexibility index (Phi) is 3.71. The van der Waals surface area contributed by atoms with Crippen molar-refractivity contribution in [3.05, 3.63) is 59.5 Å². The van der Waals surface area contributed by atoms with Crippen molar-refractivity contribution < 1.29 is 9.21 Å². The molecule has 1 aromatic carbocycles. The number of nitrogens with two attached hydrogens (primary N) is 1. The van der Waals surface area contributed by atoms with E-state index in [-0.39, 0.29) is 29.7 Å². The molecule has 1 saturated heterocycles. The normalized spacial score (nSPS) is 35.5. The summed E-state index contributed by atoms with van der Waals surface area (Å²) < 4.78 is 6.06. The molecule has 136 valence electrons. The highest BCUT2D eigenvalue weighted by atomic mass is 16.3. The number of nitrogens with zero attached hydrogens (tertiary/aromatic N) is 1. The quantitative estimate of drug-likeness (QED) is 0.919. The first-order chi connectivity index (χ1) is 12.6. The summed E-state index contributed by atoms with van der Waals surface area (Å²) in [7, 11) is 0. The number of carbonyl (C=O) groups is 1. The third-order valence-electron chi connectivity index (χ3n) is 6.50. The molecule has 1 aliphatic heterocycles. The Hall–Kier alpha value is -2.07. The molecule has 1 aromatic heterocycles. The molecule has 4 heteroatoms. The van der Waals surface area contributed by atoms with Crippen LogP contribution < -0.4 is 5.73 Å². The van der Waals surface area contributed by atoms with E-state index in [2.05, 4.69) is 31.2 Å². The smallest absolute Gasteiger partial charge is 0.226 e. The average Bonchev–Trinajstić information content (AvgIpc) is 3.50. The predicted octanol–water partition coefficient (Wildman–Crippen LogP) is 3.46. The number of rotatable bonds is 4. The van der Waals surface area contributed by atoms with Crippen LogP contribution in [0.4, 0.5) is 0 Å². The van der Waals surface area contributed by atoms with Crippen molar-refractivity contribution in [1.29, 1.82) is 0 Å². The number of likely N-dealkylation sites (tertiary alicyclic amines) is 1. The molecule has 3 fully saturated rings. The van der Waals surface area contributed by atoms with Crippen LogP contribution in [0.3, 0.4) is 0 Å². The van der Waals surface area contributed by atoms with Crippen LogP contribution in [0.1, 0.15) is 54.6 Å². The molecule has 0 radical (unpaired) electrons. The zero-order chi connectivity index (χ0) is 17.8. The minimum atomic E-state index is 0.0186. The fraction of sp³-hybridized carbons (Fsp3) is 0.500. The fourth-order valence-electron chi connectivity index (χ4n) is 4.56. The SMILES string of the molecule is CC1CC1c1ccc(C2CC2C(=O)N2C[C@@H](N)[C@H](c3ccccc3)C2)o1. The van der Waals surface area contributed by atoms with Crippen LogP contribution in [0.15, 0.2) is 46.9 Å². The van der Waals surface area contributed by atoms with E-state index in [0.717, 1.165) is 30.4 Å². The third kappa shape index (κ3) is 2.77. The topological polar surface area (TPSA) is 59.5 Å². The van der Waals surface area contributed by atoms with E-state index in [9.17, 15) is 4.79 Å². The molecule has 6 atom stereocenters. The minimum Gasteiger partial charge on any atom is -0.465 e. The minimum absolute atomic E-state index is 0.0186. The first-order valence-corrected chi connectivity index (χ1v) is 9.80. The van der Waals surface area contributed by atoms with Crippen LogP contribution in [0.2, 0.25) is 0 Å². The number of hydrogen-bond donors (Lipinski definition) is 1. The molecule has 2 aliphatic carbocycles. The molecule has 0 spiro atoms. The van der Waals surface area contributed by atoms with E-state index in [1.165, 1.54) is 12.0 Å². The summed E-state index contributed by atoms with van der Waals surface area (Å²) in [6.45, 7) is 3.65. The van der Waals surface area contributed by atoms with Gasteiger partial charge in [-0.05, 0) is 36.5 Å². The van der Waals surface area contributed by atoms with Crippen molar-refractivity contribution in [1.82, 2.24) is 4.90 Å². The lowest BCUT2D eigenvalue weighted by molar-refractivity contribution is -0.131. The summed E-state index contributed by atoms with van der Waals surface area (Å²) in [5.74, 6) is 4.28. The predicted molar refractivity (Wildman–Crippen MR) is 99.8 cm³/mol. The zero-order valence-electron chi connectivity index (χ0n) is 15.2. The van der Waals surface area contributed by atoms with Crippen LogP contribution in [-0.4, -0.2) is 29.9 Å². The van der Waals surface area contributed by atoms with Gasteiger partial charge in [0.1, 0.15) is 11.5 Å². The van der Waals surface area contributed by atoms with Crippen molar-refractivity contribution in [2.75, 3.05) is 13.1 Å². The zero-order valence-corrected chi connectivity index (χ0v) is 15.2. The summed E-state index contributed by atoms with van der Waals surface area (Å²) in [5.41, 5.74) is 7.58. The van der Waals surface area contributed by atoms with Gasteiger partial charge in [0.2, 0.25) is 5.91 Å². The Bertz CT molecular complexity index is 815. The molecule has 0 bridgehead atoms. The van der Waals surface area contributed by atoms with E-state index in [1.54, 1.807) is 0 Å². The van der Waals surface area contributed by atoms with Crippen LogP contribution >= 0.6 is 0 Å². The van der Waals surface area contributed by atoms with E-state index >= 15 is 0 Å². The molecular formula is C22H26N2O2. The maximum Gasteiger partial charge on any atom is 0.226 e. The van der Waals surface area contributed by atoms with E-state index < -0.39 is 0 Å². The summed E-state index contributed by atoms with van der Waals surface area (Å²) in [4.78, 5) is 14.9. The molecule has 3 aliphatic rings. The van der Waals surface area contributed by atoms with Crippen LogP contribution in [0.25, 0.3) is 0 Å². The van der Waals surface area contributed by atoms with E-state index in [4.69, 9.17) is 10.2 Å². The number of amides is 1. The Morgan fingerprint density at radius 3 is 2.38 bits per heavy atom. The van der Waals surface area contributed by atoms with Gasteiger partial charge in [-0.1, -0.05) is 37.3 Å². The van der Waals surface area contributed by atoms with Gasteiger partial charge in [-0.2, -0.15) is 0 Å². The van der Waals surface area contributed by atoms with Crippen LogP contribution in [-0.2, 0) is 4.79 Å². The van der Waals surface area contributed by atoms with Crippen molar-refractivity contribution in [2.24, 2.45) is 17.6 Å². The Labute approximate surface area is 154 Å². The summed E-state index contributed by atoms with van der Waals surface area (Å²) in [5, 5.41) is 0. The number of benzene rings is 1. The van der Waals surface area contributed by atoms with Gasteiger partial charge in [0.15, 0.2) is 0 Å². The lowest BCUT2D eigenvalue weighted by Crippen LogP contribution is -2.33. The van der Waals surface area contributed by atoms with E-state index in [1.807, 2.05) is 23.1 Å². The molecule has 2 aromatic rings. The number of furan rings is 1. The molecule has 2 heterocycles. The average molecular weight is 350 g/mol. The van der Waals surface area contributed by atoms with Gasteiger partial charge in [-0.15, -0.1) is 0 Å². The summed E-state index contributed by atoms with van der Waals surface area (Å²) in [6, 6.07) is 14.5.